The Labute approximate surface area is 115 Å². The number of aliphatic imine (C=N–C) groups is 1. The Kier molecular flexibility index (Phi) is 2.76. The van der Waals surface area contributed by atoms with Crippen molar-refractivity contribution in [2.45, 2.75) is 57.1 Å². The van der Waals surface area contributed by atoms with Gasteiger partial charge in [0.15, 0.2) is 5.96 Å². The first kappa shape index (κ1) is 12.0. The molecule has 3 atom stereocenters. The number of nitrogens with two attached hydrogens (primary N) is 1. The van der Waals surface area contributed by atoms with Crippen LogP contribution in [0.25, 0.3) is 0 Å². The summed E-state index contributed by atoms with van der Waals surface area (Å²) in [6.45, 7) is 3.13. The van der Waals surface area contributed by atoms with E-state index >= 15 is 0 Å². The second kappa shape index (κ2) is 4.37. The van der Waals surface area contributed by atoms with Gasteiger partial charge in [-0.3, -0.25) is 0 Å². The molecule has 4 fully saturated rings. The van der Waals surface area contributed by atoms with Gasteiger partial charge in [0.05, 0.1) is 12.1 Å². The summed E-state index contributed by atoms with van der Waals surface area (Å²) in [7, 11) is 0. The molecule has 2 saturated carbocycles. The van der Waals surface area contributed by atoms with Crippen molar-refractivity contribution in [2.75, 3.05) is 19.7 Å². The number of ether oxygens (including phenoxy) is 1. The summed E-state index contributed by atoms with van der Waals surface area (Å²) >= 11 is 0. The summed E-state index contributed by atoms with van der Waals surface area (Å²) in [6.07, 6.45) is 9.52. The standard InChI is InChI=1S/C15H25N3O/c16-14(18-8-2-1-3-9-18)17-12-11-5-10-19-13(11)15(12)6-4-7-15/h11-13H,1-10H2,(H2,16,17). The van der Waals surface area contributed by atoms with E-state index in [0.717, 1.165) is 25.7 Å². The zero-order valence-corrected chi connectivity index (χ0v) is 11.7. The van der Waals surface area contributed by atoms with Gasteiger partial charge in [-0.05, 0) is 38.5 Å². The lowest BCUT2D eigenvalue weighted by Crippen LogP contribution is -2.66. The summed E-state index contributed by atoms with van der Waals surface area (Å²) in [5, 5.41) is 0. The third-order valence-corrected chi connectivity index (χ3v) is 5.93. The van der Waals surface area contributed by atoms with Crippen molar-refractivity contribution in [1.29, 1.82) is 0 Å². The zero-order valence-electron chi connectivity index (χ0n) is 11.7. The zero-order chi connectivity index (χ0) is 12.9. The first-order chi connectivity index (χ1) is 9.31. The molecule has 0 amide bonds. The fourth-order valence-electron chi connectivity index (χ4n) is 4.73. The molecule has 106 valence electrons. The molecule has 2 aliphatic heterocycles. The number of likely N-dealkylation sites (tertiary alicyclic amines) is 1. The van der Waals surface area contributed by atoms with E-state index in [2.05, 4.69) is 4.90 Å². The molecule has 2 aliphatic carbocycles. The highest BCUT2D eigenvalue weighted by Crippen LogP contribution is 2.64. The molecular formula is C15H25N3O. The smallest absolute Gasteiger partial charge is 0.191 e. The number of hydrogen-bond donors (Lipinski definition) is 1. The topological polar surface area (TPSA) is 50.9 Å². The lowest BCUT2D eigenvalue weighted by Gasteiger charge is -2.61. The molecule has 0 aromatic heterocycles. The second-order valence-electron chi connectivity index (χ2n) is 6.81. The minimum Gasteiger partial charge on any atom is -0.377 e. The van der Waals surface area contributed by atoms with E-state index in [1.807, 2.05) is 0 Å². The van der Waals surface area contributed by atoms with E-state index < -0.39 is 0 Å². The lowest BCUT2D eigenvalue weighted by atomic mass is 9.46. The molecule has 2 heterocycles. The van der Waals surface area contributed by atoms with Crippen LogP contribution in [0.3, 0.4) is 0 Å². The fourth-order valence-corrected chi connectivity index (χ4v) is 4.73. The molecule has 4 nitrogen and oxygen atoms in total. The van der Waals surface area contributed by atoms with Crippen molar-refractivity contribution < 1.29 is 4.74 Å². The molecule has 1 spiro atoms. The van der Waals surface area contributed by atoms with Gasteiger partial charge < -0.3 is 15.4 Å². The van der Waals surface area contributed by atoms with Crippen LogP contribution in [-0.2, 0) is 4.74 Å². The Morgan fingerprint density at radius 2 is 1.95 bits per heavy atom. The first-order valence-electron chi connectivity index (χ1n) is 8.01. The number of piperidine rings is 1. The van der Waals surface area contributed by atoms with Crippen LogP contribution in [0.2, 0.25) is 0 Å². The maximum atomic E-state index is 6.28. The maximum Gasteiger partial charge on any atom is 0.191 e. The molecular weight excluding hydrogens is 238 g/mol. The molecule has 4 aliphatic rings. The van der Waals surface area contributed by atoms with E-state index in [1.54, 1.807) is 0 Å². The minimum atomic E-state index is 0.377. The SMILES string of the molecule is NC(=NC1C2CCOC2C12CCC2)N1CCCCC1. The average molecular weight is 263 g/mol. The number of hydrogen-bond acceptors (Lipinski definition) is 2. The van der Waals surface area contributed by atoms with Gasteiger partial charge in [-0.1, -0.05) is 6.42 Å². The van der Waals surface area contributed by atoms with Crippen LogP contribution in [0.15, 0.2) is 4.99 Å². The molecule has 0 bridgehead atoms. The Balaban J connectivity index is 1.51. The minimum absolute atomic E-state index is 0.377. The Hall–Kier alpha value is -0.770. The van der Waals surface area contributed by atoms with E-state index in [9.17, 15) is 0 Å². The van der Waals surface area contributed by atoms with Crippen molar-refractivity contribution >= 4 is 5.96 Å². The van der Waals surface area contributed by atoms with Crippen molar-refractivity contribution in [3.63, 3.8) is 0 Å². The van der Waals surface area contributed by atoms with Crippen LogP contribution in [0, 0.1) is 11.3 Å². The predicted octanol–water partition coefficient (Wildman–Crippen LogP) is 1.74. The van der Waals surface area contributed by atoms with Gasteiger partial charge in [0.2, 0.25) is 0 Å². The van der Waals surface area contributed by atoms with Gasteiger partial charge in [-0.15, -0.1) is 0 Å². The molecule has 2 saturated heterocycles. The van der Waals surface area contributed by atoms with E-state index in [1.165, 1.54) is 44.9 Å². The summed E-state index contributed by atoms with van der Waals surface area (Å²) in [4.78, 5) is 7.25. The van der Waals surface area contributed by atoms with Crippen LogP contribution in [0.1, 0.15) is 44.9 Å². The molecule has 4 rings (SSSR count). The number of rotatable bonds is 1. The van der Waals surface area contributed by atoms with Crippen molar-refractivity contribution in [2.24, 2.45) is 22.1 Å². The van der Waals surface area contributed by atoms with Crippen LogP contribution in [0.5, 0.6) is 0 Å². The molecule has 2 N–H and O–H groups in total. The normalized spacial score (nSPS) is 40.7. The summed E-state index contributed by atoms with van der Waals surface area (Å²) in [5.74, 6) is 1.46. The third-order valence-electron chi connectivity index (χ3n) is 5.93. The third kappa shape index (κ3) is 1.65. The van der Waals surface area contributed by atoms with Crippen LogP contribution < -0.4 is 5.73 Å². The molecule has 19 heavy (non-hydrogen) atoms. The highest BCUT2D eigenvalue weighted by molar-refractivity contribution is 5.78. The number of nitrogens with zero attached hydrogens (tertiary/aromatic N) is 2. The van der Waals surface area contributed by atoms with Gasteiger partial charge in [0, 0.05) is 31.0 Å². The number of fused-ring (bicyclic) bond motifs is 2. The van der Waals surface area contributed by atoms with E-state index in [-0.39, 0.29) is 0 Å². The van der Waals surface area contributed by atoms with Gasteiger partial charge in [0.1, 0.15) is 0 Å². The van der Waals surface area contributed by atoms with Crippen LogP contribution in [-0.4, -0.2) is 42.7 Å². The second-order valence-corrected chi connectivity index (χ2v) is 6.81. The van der Waals surface area contributed by atoms with Crippen LogP contribution in [0.4, 0.5) is 0 Å². The highest BCUT2D eigenvalue weighted by Gasteiger charge is 2.66. The predicted molar refractivity (Wildman–Crippen MR) is 75.0 cm³/mol. The quantitative estimate of drug-likeness (QED) is 0.579. The Morgan fingerprint density at radius 3 is 2.63 bits per heavy atom. The largest absolute Gasteiger partial charge is 0.377 e. The van der Waals surface area contributed by atoms with Gasteiger partial charge >= 0.3 is 0 Å². The molecule has 3 unspecified atom stereocenters. The molecule has 4 heteroatoms. The van der Waals surface area contributed by atoms with Crippen molar-refractivity contribution in [3.8, 4) is 0 Å². The monoisotopic (exact) mass is 263 g/mol. The maximum absolute atomic E-state index is 6.28. The molecule has 0 radical (unpaired) electrons. The van der Waals surface area contributed by atoms with Crippen molar-refractivity contribution in [1.82, 2.24) is 4.90 Å². The van der Waals surface area contributed by atoms with Crippen molar-refractivity contribution in [3.05, 3.63) is 0 Å². The average Bonchev–Trinajstić information content (AvgIpc) is 2.80. The molecule has 0 aromatic carbocycles. The van der Waals surface area contributed by atoms with Gasteiger partial charge in [-0.25, -0.2) is 4.99 Å². The summed E-state index contributed by atoms with van der Waals surface area (Å²) < 4.78 is 5.94. The Morgan fingerprint density at radius 1 is 1.16 bits per heavy atom. The van der Waals surface area contributed by atoms with Crippen LogP contribution >= 0.6 is 0 Å². The van der Waals surface area contributed by atoms with E-state index in [0.29, 0.717) is 23.5 Å². The summed E-state index contributed by atoms with van der Waals surface area (Å²) in [6, 6.07) is 0.454. The van der Waals surface area contributed by atoms with Gasteiger partial charge in [-0.2, -0.15) is 0 Å². The van der Waals surface area contributed by atoms with E-state index in [4.69, 9.17) is 15.5 Å². The number of guanidine groups is 1. The first-order valence-corrected chi connectivity index (χ1v) is 8.01. The Bertz CT molecular complexity index is 385. The lowest BCUT2D eigenvalue weighted by molar-refractivity contribution is -0.164. The fraction of sp³-hybridized carbons (Fsp3) is 0.933. The molecule has 0 aromatic rings. The summed E-state index contributed by atoms with van der Waals surface area (Å²) in [5.41, 5.74) is 6.65. The highest BCUT2D eigenvalue weighted by atomic mass is 16.5. The van der Waals surface area contributed by atoms with Gasteiger partial charge in [0.25, 0.3) is 0 Å².